The SMILES string of the molecule is COCCNS(=O)(=O)N1CCCC(S(N)(=O)=O)C1. The summed E-state index contributed by atoms with van der Waals surface area (Å²) >= 11 is 0. The van der Waals surface area contributed by atoms with E-state index in [0.29, 0.717) is 19.4 Å². The molecule has 1 rings (SSSR count). The summed E-state index contributed by atoms with van der Waals surface area (Å²) in [5, 5.41) is 4.22. The second kappa shape index (κ2) is 6.26. The third-order valence-electron chi connectivity index (χ3n) is 2.74. The summed E-state index contributed by atoms with van der Waals surface area (Å²) in [4.78, 5) is 0. The lowest BCUT2D eigenvalue weighted by Crippen LogP contribution is -2.50. The molecule has 0 amide bonds. The van der Waals surface area contributed by atoms with Crippen molar-refractivity contribution in [2.45, 2.75) is 18.1 Å². The van der Waals surface area contributed by atoms with Gasteiger partial charge in [0.1, 0.15) is 0 Å². The number of ether oxygens (including phenoxy) is 1. The van der Waals surface area contributed by atoms with Crippen molar-refractivity contribution in [3.63, 3.8) is 0 Å². The summed E-state index contributed by atoms with van der Waals surface area (Å²) in [6.07, 6.45) is 0.870. The fourth-order valence-corrected chi connectivity index (χ4v) is 4.00. The number of nitrogens with zero attached hydrogens (tertiary/aromatic N) is 1. The monoisotopic (exact) mass is 301 g/mol. The summed E-state index contributed by atoms with van der Waals surface area (Å²) in [6, 6.07) is 0. The van der Waals surface area contributed by atoms with E-state index in [9.17, 15) is 16.8 Å². The van der Waals surface area contributed by atoms with Gasteiger partial charge >= 0.3 is 0 Å². The Balaban J connectivity index is 2.66. The summed E-state index contributed by atoms with van der Waals surface area (Å²) < 4.78 is 54.4. The molecule has 1 fully saturated rings. The molecule has 1 heterocycles. The standard InChI is InChI=1S/C8H19N3O5S2/c1-16-6-4-10-18(14,15)11-5-2-3-8(7-11)17(9,12)13/h8,10H,2-7H2,1H3,(H2,9,12,13). The summed E-state index contributed by atoms with van der Waals surface area (Å²) in [7, 11) is -5.90. The predicted octanol–water partition coefficient (Wildman–Crippen LogP) is -1.78. The van der Waals surface area contributed by atoms with Crippen molar-refractivity contribution in [3.05, 3.63) is 0 Å². The average Bonchev–Trinajstić information content (AvgIpc) is 2.28. The van der Waals surface area contributed by atoms with Gasteiger partial charge in [0.2, 0.25) is 10.0 Å². The van der Waals surface area contributed by atoms with Gasteiger partial charge < -0.3 is 4.74 Å². The fourth-order valence-electron chi connectivity index (χ4n) is 1.76. The quantitative estimate of drug-likeness (QED) is 0.562. The Labute approximate surface area is 108 Å². The molecule has 0 aromatic rings. The Morgan fingerprint density at radius 1 is 1.39 bits per heavy atom. The van der Waals surface area contributed by atoms with Gasteiger partial charge in [-0.2, -0.15) is 17.4 Å². The number of sulfonamides is 1. The first-order valence-corrected chi connectivity index (χ1v) is 8.57. The Kier molecular flexibility index (Phi) is 5.49. The highest BCUT2D eigenvalue weighted by atomic mass is 32.2. The van der Waals surface area contributed by atoms with Crippen molar-refractivity contribution < 1.29 is 21.6 Å². The maximum Gasteiger partial charge on any atom is 0.279 e. The minimum Gasteiger partial charge on any atom is -0.383 e. The van der Waals surface area contributed by atoms with Crippen LogP contribution in [-0.2, 0) is 25.0 Å². The molecular weight excluding hydrogens is 282 g/mol. The first kappa shape index (κ1) is 15.8. The van der Waals surface area contributed by atoms with Crippen molar-refractivity contribution in [3.8, 4) is 0 Å². The van der Waals surface area contributed by atoms with Crippen LogP contribution in [0, 0.1) is 0 Å². The molecule has 0 radical (unpaired) electrons. The first-order chi connectivity index (χ1) is 8.27. The number of methoxy groups -OCH3 is 1. The van der Waals surface area contributed by atoms with E-state index in [1.165, 1.54) is 7.11 Å². The number of piperidine rings is 1. The zero-order chi connectivity index (χ0) is 13.8. The molecule has 1 aliphatic rings. The van der Waals surface area contributed by atoms with E-state index in [1.807, 2.05) is 0 Å². The number of primary sulfonamides is 1. The van der Waals surface area contributed by atoms with Crippen LogP contribution in [0.2, 0.25) is 0 Å². The Morgan fingerprint density at radius 2 is 2.06 bits per heavy atom. The first-order valence-electron chi connectivity index (χ1n) is 5.52. The maximum absolute atomic E-state index is 11.9. The molecule has 0 saturated carbocycles. The Morgan fingerprint density at radius 3 is 2.61 bits per heavy atom. The van der Waals surface area contributed by atoms with Crippen molar-refractivity contribution in [1.29, 1.82) is 0 Å². The van der Waals surface area contributed by atoms with Gasteiger partial charge in [-0.15, -0.1) is 0 Å². The third kappa shape index (κ3) is 4.44. The maximum atomic E-state index is 11.9. The Bertz CT molecular complexity index is 461. The van der Waals surface area contributed by atoms with Crippen LogP contribution >= 0.6 is 0 Å². The molecule has 1 unspecified atom stereocenters. The number of nitrogens with two attached hydrogens (primary N) is 1. The molecule has 0 aromatic heterocycles. The van der Waals surface area contributed by atoms with E-state index in [0.717, 1.165) is 4.31 Å². The van der Waals surface area contributed by atoms with Gasteiger partial charge in [-0.25, -0.2) is 13.6 Å². The normalized spacial score (nSPS) is 23.1. The van der Waals surface area contributed by atoms with Crippen LogP contribution in [0.25, 0.3) is 0 Å². The van der Waals surface area contributed by atoms with Gasteiger partial charge in [0, 0.05) is 26.7 Å². The second-order valence-electron chi connectivity index (χ2n) is 4.10. The predicted molar refractivity (Wildman–Crippen MR) is 66.5 cm³/mol. The van der Waals surface area contributed by atoms with Gasteiger partial charge in [-0.3, -0.25) is 0 Å². The van der Waals surface area contributed by atoms with Crippen LogP contribution in [0.4, 0.5) is 0 Å². The van der Waals surface area contributed by atoms with Crippen LogP contribution < -0.4 is 9.86 Å². The second-order valence-corrected chi connectivity index (χ2v) is 7.70. The van der Waals surface area contributed by atoms with Crippen LogP contribution in [0.5, 0.6) is 0 Å². The molecule has 0 bridgehead atoms. The van der Waals surface area contributed by atoms with Gasteiger partial charge in [-0.05, 0) is 12.8 Å². The minimum absolute atomic E-state index is 0.0961. The Hall–Kier alpha value is -0.260. The molecule has 8 nitrogen and oxygen atoms in total. The smallest absolute Gasteiger partial charge is 0.279 e. The number of rotatable bonds is 6. The van der Waals surface area contributed by atoms with Gasteiger partial charge in [-0.1, -0.05) is 0 Å². The lowest BCUT2D eigenvalue weighted by molar-refractivity contribution is 0.203. The molecule has 1 aliphatic heterocycles. The largest absolute Gasteiger partial charge is 0.383 e. The molecule has 1 saturated heterocycles. The van der Waals surface area contributed by atoms with E-state index in [4.69, 9.17) is 9.88 Å². The molecule has 108 valence electrons. The molecule has 0 aliphatic carbocycles. The van der Waals surface area contributed by atoms with Crippen LogP contribution in [0.15, 0.2) is 0 Å². The van der Waals surface area contributed by atoms with Crippen LogP contribution in [0.1, 0.15) is 12.8 Å². The summed E-state index contributed by atoms with van der Waals surface area (Å²) in [6.45, 7) is 0.608. The van der Waals surface area contributed by atoms with Crippen molar-refractivity contribution in [2.75, 3.05) is 33.4 Å². The van der Waals surface area contributed by atoms with Crippen LogP contribution in [-0.4, -0.2) is 59.7 Å². The lowest BCUT2D eigenvalue weighted by atomic mass is 10.2. The van der Waals surface area contributed by atoms with Gasteiger partial charge in [0.25, 0.3) is 10.2 Å². The zero-order valence-electron chi connectivity index (χ0n) is 10.2. The molecular formula is C8H19N3O5S2. The van der Waals surface area contributed by atoms with E-state index in [2.05, 4.69) is 4.72 Å². The third-order valence-corrected chi connectivity index (χ3v) is 5.63. The number of hydrogen-bond acceptors (Lipinski definition) is 5. The van der Waals surface area contributed by atoms with Gasteiger partial charge in [0.05, 0.1) is 11.9 Å². The molecule has 18 heavy (non-hydrogen) atoms. The van der Waals surface area contributed by atoms with E-state index in [1.54, 1.807) is 0 Å². The minimum atomic E-state index is -3.70. The lowest BCUT2D eigenvalue weighted by Gasteiger charge is -2.30. The van der Waals surface area contributed by atoms with E-state index in [-0.39, 0.29) is 19.7 Å². The molecule has 10 heteroatoms. The van der Waals surface area contributed by atoms with Crippen molar-refractivity contribution in [2.24, 2.45) is 5.14 Å². The molecule has 3 N–H and O–H groups in total. The number of hydrogen-bond donors (Lipinski definition) is 2. The summed E-state index contributed by atoms with van der Waals surface area (Å²) in [5.41, 5.74) is 0. The number of nitrogens with one attached hydrogen (secondary N) is 1. The van der Waals surface area contributed by atoms with Crippen molar-refractivity contribution >= 4 is 20.2 Å². The van der Waals surface area contributed by atoms with Gasteiger partial charge in [0.15, 0.2) is 0 Å². The average molecular weight is 301 g/mol. The highest BCUT2D eigenvalue weighted by molar-refractivity contribution is 7.90. The summed E-state index contributed by atoms with van der Waals surface area (Å²) in [5.74, 6) is 0. The molecule has 1 atom stereocenters. The highest BCUT2D eigenvalue weighted by Crippen LogP contribution is 2.17. The fraction of sp³-hybridized carbons (Fsp3) is 1.00. The van der Waals surface area contributed by atoms with Crippen molar-refractivity contribution in [1.82, 2.24) is 9.03 Å². The zero-order valence-corrected chi connectivity index (χ0v) is 11.8. The topological polar surface area (TPSA) is 119 Å². The molecule has 0 spiro atoms. The van der Waals surface area contributed by atoms with E-state index >= 15 is 0 Å². The highest BCUT2D eigenvalue weighted by Gasteiger charge is 2.33. The molecule has 0 aromatic carbocycles. The van der Waals surface area contributed by atoms with Crippen LogP contribution in [0.3, 0.4) is 0 Å². The van der Waals surface area contributed by atoms with E-state index < -0.39 is 25.5 Å².